The molecular weight excluding hydrogens is 294 g/mol. The van der Waals surface area contributed by atoms with E-state index >= 15 is 0 Å². The van der Waals surface area contributed by atoms with Crippen LogP contribution in [0.15, 0.2) is 17.1 Å². The zero-order valence-corrected chi connectivity index (χ0v) is 13.7. The highest BCUT2D eigenvalue weighted by Crippen LogP contribution is 2.39. The molecule has 1 heterocycles. The smallest absolute Gasteiger partial charge is 0.331 e. The second-order valence-corrected chi connectivity index (χ2v) is 6.52. The summed E-state index contributed by atoms with van der Waals surface area (Å²) < 4.78 is 5.45. The van der Waals surface area contributed by atoms with Crippen LogP contribution in [0.2, 0.25) is 0 Å². The molecule has 126 valence electrons. The summed E-state index contributed by atoms with van der Waals surface area (Å²) in [6.45, 7) is 2.54. The van der Waals surface area contributed by atoms with Crippen molar-refractivity contribution in [3.63, 3.8) is 0 Å². The van der Waals surface area contributed by atoms with Gasteiger partial charge in [-0.3, -0.25) is 20.0 Å². The first kappa shape index (κ1) is 16.2. The summed E-state index contributed by atoms with van der Waals surface area (Å²) in [6, 6.07) is -0.213. The minimum Gasteiger partial charge on any atom is -0.361 e. The van der Waals surface area contributed by atoms with E-state index in [1.165, 1.54) is 11.3 Å². The molecular formula is C17H25N3O3. The van der Waals surface area contributed by atoms with Crippen molar-refractivity contribution in [3.05, 3.63) is 12.2 Å². The summed E-state index contributed by atoms with van der Waals surface area (Å²) in [7, 11) is 0. The highest BCUT2D eigenvalue weighted by molar-refractivity contribution is 6.21. The standard InChI is InChI=1S/C17H25N3O3/c1-2-23-12-20-14(18-13-8-4-3-5-9-13)17(10-6-7-11-17)15(21)19-16(20)22/h6-7,13H,2-5,8-12H2,1H3,(H,19,21,22). The first-order chi connectivity index (χ1) is 11.2. The topological polar surface area (TPSA) is 71.0 Å². The normalized spacial score (nSPS) is 26.3. The quantitative estimate of drug-likeness (QED) is 0.810. The van der Waals surface area contributed by atoms with Crippen molar-refractivity contribution >= 4 is 17.8 Å². The van der Waals surface area contributed by atoms with Crippen LogP contribution < -0.4 is 5.32 Å². The van der Waals surface area contributed by atoms with Crippen molar-refractivity contribution in [1.29, 1.82) is 0 Å². The van der Waals surface area contributed by atoms with Gasteiger partial charge in [0.15, 0.2) is 0 Å². The van der Waals surface area contributed by atoms with E-state index in [-0.39, 0.29) is 18.7 Å². The molecule has 1 N–H and O–H groups in total. The highest BCUT2D eigenvalue weighted by atomic mass is 16.5. The van der Waals surface area contributed by atoms with Gasteiger partial charge in [0.2, 0.25) is 5.91 Å². The lowest BCUT2D eigenvalue weighted by Crippen LogP contribution is -2.63. The van der Waals surface area contributed by atoms with Crippen LogP contribution in [0.25, 0.3) is 0 Å². The highest BCUT2D eigenvalue weighted by Gasteiger charge is 2.52. The Morgan fingerprint density at radius 3 is 2.61 bits per heavy atom. The van der Waals surface area contributed by atoms with Gasteiger partial charge in [-0.15, -0.1) is 0 Å². The maximum atomic E-state index is 12.6. The van der Waals surface area contributed by atoms with Gasteiger partial charge in [-0.05, 0) is 32.6 Å². The predicted octanol–water partition coefficient (Wildman–Crippen LogP) is 2.60. The van der Waals surface area contributed by atoms with Crippen LogP contribution in [-0.2, 0) is 9.53 Å². The third kappa shape index (κ3) is 3.04. The molecule has 3 amide bonds. The van der Waals surface area contributed by atoms with E-state index in [1.807, 2.05) is 19.1 Å². The number of amidine groups is 1. The van der Waals surface area contributed by atoms with Crippen molar-refractivity contribution in [3.8, 4) is 0 Å². The van der Waals surface area contributed by atoms with Gasteiger partial charge in [0.25, 0.3) is 0 Å². The average Bonchev–Trinajstić information content (AvgIpc) is 3.04. The van der Waals surface area contributed by atoms with Gasteiger partial charge in [0, 0.05) is 6.61 Å². The molecule has 1 aliphatic heterocycles. The molecule has 1 spiro atoms. The van der Waals surface area contributed by atoms with Crippen molar-refractivity contribution in [1.82, 2.24) is 10.2 Å². The first-order valence-corrected chi connectivity index (χ1v) is 8.61. The fraction of sp³-hybridized carbons (Fsp3) is 0.706. The molecule has 0 aromatic rings. The summed E-state index contributed by atoms with van der Waals surface area (Å²) in [6.07, 6.45) is 10.8. The number of amides is 3. The lowest BCUT2D eigenvalue weighted by Gasteiger charge is -2.40. The molecule has 2 aliphatic carbocycles. The number of hydrogen-bond acceptors (Lipinski definition) is 4. The fourth-order valence-corrected chi connectivity index (χ4v) is 3.64. The van der Waals surface area contributed by atoms with Crippen LogP contribution in [-0.4, -0.2) is 42.1 Å². The Kier molecular flexibility index (Phi) is 4.80. The number of carbonyl (C=O) groups excluding carboxylic acids is 2. The molecule has 2 fully saturated rings. The summed E-state index contributed by atoms with van der Waals surface area (Å²) in [4.78, 5) is 31.3. The Hall–Kier alpha value is -1.69. The molecule has 0 aromatic carbocycles. The predicted molar refractivity (Wildman–Crippen MR) is 87.0 cm³/mol. The molecule has 6 heteroatoms. The van der Waals surface area contributed by atoms with Gasteiger partial charge < -0.3 is 4.74 Å². The van der Waals surface area contributed by atoms with Crippen LogP contribution >= 0.6 is 0 Å². The van der Waals surface area contributed by atoms with Crippen LogP contribution in [0.5, 0.6) is 0 Å². The number of ether oxygens (including phenoxy) is 1. The van der Waals surface area contributed by atoms with Gasteiger partial charge in [-0.2, -0.15) is 0 Å². The third-order valence-electron chi connectivity index (χ3n) is 4.99. The zero-order valence-electron chi connectivity index (χ0n) is 13.7. The second kappa shape index (κ2) is 6.83. The largest absolute Gasteiger partial charge is 0.361 e. The van der Waals surface area contributed by atoms with Gasteiger partial charge in [-0.25, -0.2) is 4.79 Å². The third-order valence-corrected chi connectivity index (χ3v) is 4.99. The Morgan fingerprint density at radius 1 is 1.26 bits per heavy atom. The van der Waals surface area contributed by atoms with Gasteiger partial charge >= 0.3 is 6.03 Å². The van der Waals surface area contributed by atoms with Crippen molar-refractivity contribution < 1.29 is 14.3 Å². The monoisotopic (exact) mass is 319 g/mol. The number of nitrogens with one attached hydrogen (secondary N) is 1. The van der Waals surface area contributed by atoms with Crippen molar-refractivity contribution in [2.24, 2.45) is 10.4 Å². The van der Waals surface area contributed by atoms with E-state index in [1.54, 1.807) is 0 Å². The number of aliphatic imine (C=N–C) groups is 1. The number of imide groups is 1. The second-order valence-electron chi connectivity index (χ2n) is 6.52. The first-order valence-electron chi connectivity index (χ1n) is 8.61. The molecule has 3 aliphatic rings. The van der Waals surface area contributed by atoms with E-state index in [0.29, 0.717) is 25.3 Å². The van der Waals surface area contributed by atoms with Gasteiger partial charge in [0.1, 0.15) is 18.0 Å². The molecule has 6 nitrogen and oxygen atoms in total. The molecule has 1 saturated carbocycles. The molecule has 0 atom stereocenters. The number of nitrogens with zero attached hydrogens (tertiary/aromatic N) is 2. The Labute approximate surface area is 137 Å². The molecule has 0 unspecified atom stereocenters. The Bertz CT molecular complexity index is 527. The molecule has 0 bridgehead atoms. The van der Waals surface area contributed by atoms with E-state index < -0.39 is 11.4 Å². The van der Waals surface area contributed by atoms with Crippen molar-refractivity contribution in [2.45, 2.75) is 57.9 Å². The van der Waals surface area contributed by atoms with E-state index in [0.717, 1.165) is 25.7 Å². The van der Waals surface area contributed by atoms with Crippen LogP contribution in [0, 0.1) is 5.41 Å². The SMILES string of the molecule is CCOCN1C(=O)NC(=O)C2(CC=CC2)C1=NC1CCCCC1. The molecule has 3 rings (SSSR count). The van der Waals surface area contributed by atoms with Gasteiger partial charge in [0.05, 0.1) is 6.04 Å². The number of urea groups is 1. The Balaban J connectivity index is 1.94. The fourth-order valence-electron chi connectivity index (χ4n) is 3.64. The summed E-state index contributed by atoms with van der Waals surface area (Å²) in [5, 5.41) is 2.49. The molecule has 0 radical (unpaired) electrons. The average molecular weight is 319 g/mol. The minimum atomic E-state index is -0.734. The van der Waals surface area contributed by atoms with Crippen molar-refractivity contribution in [2.75, 3.05) is 13.3 Å². The van der Waals surface area contributed by atoms with Crippen LogP contribution in [0.4, 0.5) is 4.79 Å². The maximum absolute atomic E-state index is 12.6. The number of rotatable bonds is 4. The lowest BCUT2D eigenvalue weighted by atomic mass is 9.80. The van der Waals surface area contributed by atoms with E-state index in [2.05, 4.69) is 5.32 Å². The zero-order chi connectivity index (χ0) is 16.3. The molecule has 0 aromatic heterocycles. The minimum absolute atomic E-state index is 0.142. The number of allylic oxidation sites excluding steroid dienone is 2. The summed E-state index contributed by atoms with van der Waals surface area (Å²) in [5.74, 6) is 0.381. The molecule has 1 saturated heterocycles. The van der Waals surface area contributed by atoms with Crippen LogP contribution in [0.1, 0.15) is 51.9 Å². The number of hydrogen-bond donors (Lipinski definition) is 1. The lowest BCUT2D eigenvalue weighted by molar-refractivity contribution is -0.127. The Morgan fingerprint density at radius 2 is 1.96 bits per heavy atom. The summed E-state index contributed by atoms with van der Waals surface area (Å²) in [5.41, 5.74) is -0.734. The van der Waals surface area contributed by atoms with Gasteiger partial charge in [-0.1, -0.05) is 31.4 Å². The number of carbonyl (C=O) groups is 2. The van der Waals surface area contributed by atoms with E-state index in [9.17, 15) is 9.59 Å². The van der Waals surface area contributed by atoms with Crippen LogP contribution in [0.3, 0.4) is 0 Å². The maximum Gasteiger partial charge on any atom is 0.331 e. The summed E-state index contributed by atoms with van der Waals surface area (Å²) >= 11 is 0. The van der Waals surface area contributed by atoms with E-state index in [4.69, 9.17) is 9.73 Å². The molecule has 23 heavy (non-hydrogen) atoms.